The lowest BCUT2D eigenvalue weighted by atomic mass is 10.1. The highest BCUT2D eigenvalue weighted by molar-refractivity contribution is 7.92. The van der Waals surface area contributed by atoms with E-state index < -0.39 is 10.0 Å². The fourth-order valence-electron chi connectivity index (χ4n) is 3.18. The molecule has 0 radical (unpaired) electrons. The Morgan fingerprint density at radius 2 is 1.85 bits per heavy atom. The van der Waals surface area contributed by atoms with Gasteiger partial charge in [0, 0.05) is 18.7 Å². The van der Waals surface area contributed by atoms with Crippen LogP contribution in [0.1, 0.15) is 41.8 Å². The van der Waals surface area contributed by atoms with E-state index in [1.807, 2.05) is 13.0 Å². The summed E-state index contributed by atoms with van der Waals surface area (Å²) in [6.45, 7) is 7.19. The maximum Gasteiger partial charge on any atom is 0.264 e. The van der Waals surface area contributed by atoms with Gasteiger partial charge < -0.3 is 5.32 Å². The number of carbonyl (C=O) groups is 1. The summed E-state index contributed by atoms with van der Waals surface area (Å²) < 4.78 is 27.4. The molecule has 0 aromatic heterocycles. The third-order valence-electron chi connectivity index (χ3n) is 4.81. The first-order chi connectivity index (χ1) is 12.8. The minimum absolute atomic E-state index is 0.113. The molecule has 2 aromatic rings. The molecule has 3 rings (SSSR count). The van der Waals surface area contributed by atoms with Crippen molar-refractivity contribution < 1.29 is 13.2 Å². The smallest absolute Gasteiger partial charge is 0.264 e. The number of anilines is 1. The molecule has 6 heteroatoms. The third kappa shape index (κ3) is 4.16. The van der Waals surface area contributed by atoms with Crippen molar-refractivity contribution in [3.8, 4) is 0 Å². The van der Waals surface area contributed by atoms with Gasteiger partial charge in [0.05, 0.1) is 10.6 Å². The number of hydrogen-bond acceptors (Lipinski definition) is 3. The van der Waals surface area contributed by atoms with Gasteiger partial charge in [-0.25, -0.2) is 8.42 Å². The van der Waals surface area contributed by atoms with Gasteiger partial charge in [-0.15, -0.1) is 0 Å². The Kier molecular flexibility index (Phi) is 5.56. The van der Waals surface area contributed by atoms with Crippen molar-refractivity contribution in [2.24, 2.45) is 5.92 Å². The number of aryl methyl sites for hydroxylation is 1. The van der Waals surface area contributed by atoms with E-state index in [1.54, 1.807) is 36.4 Å². The second-order valence-corrected chi connectivity index (χ2v) is 9.28. The highest BCUT2D eigenvalue weighted by atomic mass is 32.2. The number of benzene rings is 2. The highest BCUT2D eigenvalue weighted by Crippen LogP contribution is 2.33. The van der Waals surface area contributed by atoms with E-state index in [1.165, 1.54) is 4.31 Å². The second-order valence-electron chi connectivity index (χ2n) is 7.42. The van der Waals surface area contributed by atoms with Gasteiger partial charge in [-0.1, -0.05) is 31.5 Å². The molecule has 5 nitrogen and oxygen atoms in total. The lowest BCUT2D eigenvalue weighted by Gasteiger charge is -2.20. The molecule has 144 valence electrons. The van der Waals surface area contributed by atoms with E-state index in [-0.39, 0.29) is 10.8 Å². The maximum atomic E-state index is 13.0. The molecule has 0 fully saturated rings. The minimum Gasteiger partial charge on any atom is -0.352 e. The Morgan fingerprint density at radius 1 is 1.15 bits per heavy atom. The first kappa shape index (κ1) is 19.4. The van der Waals surface area contributed by atoms with Gasteiger partial charge in [-0.05, 0) is 61.6 Å². The molecule has 0 saturated heterocycles. The van der Waals surface area contributed by atoms with Crippen LogP contribution in [0, 0.1) is 12.8 Å². The van der Waals surface area contributed by atoms with Crippen molar-refractivity contribution in [2.45, 2.75) is 38.5 Å². The quantitative estimate of drug-likeness (QED) is 0.826. The van der Waals surface area contributed by atoms with Crippen LogP contribution in [-0.2, 0) is 16.4 Å². The number of amides is 1. The number of hydrogen-bond donors (Lipinski definition) is 1. The van der Waals surface area contributed by atoms with Gasteiger partial charge in [-0.2, -0.15) is 0 Å². The zero-order valence-corrected chi connectivity index (χ0v) is 16.8. The van der Waals surface area contributed by atoms with E-state index in [9.17, 15) is 13.2 Å². The van der Waals surface area contributed by atoms with Crippen molar-refractivity contribution >= 4 is 21.6 Å². The van der Waals surface area contributed by atoms with Crippen LogP contribution in [0.3, 0.4) is 0 Å². The molecular formula is C21H26N2O3S. The minimum atomic E-state index is -3.59. The van der Waals surface area contributed by atoms with Crippen LogP contribution in [0.15, 0.2) is 47.4 Å². The van der Waals surface area contributed by atoms with E-state index in [2.05, 4.69) is 19.2 Å². The Hall–Kier alpha value is -2.34. The molecule has 1 amide bonds. The van der Waals surface area contributed by atoms with Crippen LogP contribution in [0.4, 0.5) is 5.69 Å². The lowest BCUT2D eigenvalue weighted by molar-refractivity contribution is 0.0952. The van der Waals surface area contributed by atoms with E-state index in [0.29, 0.717) is 36.7 Å². The number of sulfonamides is 1. The fraction of sp³-hybridized carbons (Fsp3) is 0.381. The molecule has 1 N–H and O–H groups in total. The van der Waals surface area contributed by atoms with Crippen LogP contribution >= 0.6 is 0 Å². The lowest BCUT2D eigenvalue weighted by Crippen LogP contribution is -2.29. The third-order valence-corrected chi connectivity index (χ3v) is 6.64. The SMILES string of the molecule is Cc1ccc(S(=O)(=O)N2CCc3cc(C(=O)NCCC(C)C)ccc32)cc1. The predicted octanol–water partition coefficient (Wildman–Crippen LogP) is 3.52. The van der Waals surface area contributed by atoms with Gasteiger partial charge >= 0.3 is 0 Å². The summed E-state index contributed by atoms with van der Waals surface area (Å²) >= 11 is 0. The molecular weight excluding hydrogens is 360 g/mol. The van der Waals surface area contributed by atoms with Gasteiger partial charge in [0.1, 0.15) is 0 Å². The van der Waals surface area contributed by atoms with Gasteiger partial charge in [-0.3, -0.25) is 9.10 Å². The van der Waals surface area contributed by atoms with Crippen molar-refractivity contribution in [1.82, 2.24) is 5.32 Å². The molecule has 0 bridgehead atoms. The summed E-state index contributed by atoms with van der Waals surface area (Å²) in [7, 11) is -3.59. The monoisotopic (exact) mass is 386 g/mol. The fourth-order valence-corrected chi connectivity index (χ4v) is 4.68. The Labute approximate surface area is 161 Å². The molecule has 0 atom stereocenters. The average molecular weight is 387 g/mol. The summed E-state index contributed by atoms with van der Waals surface area (Å²) in [4.78, 5) is 12.6. The van der Waals surface area contributed by atoms with Crippen LogP contribution in [-0.4, -0.2) is 27.4 Å². The van der Waals surface area contributed by atoms with Crippen LogP contribution < -0.4 is 9.62 Å². The molecule has 0 spiro atoms. The molecule has 0 saturated carbocycles. The number of rotatable bonds is 6. The zero-order valence-electron chi connectivity index (χ0n) is 16.0. The van der Waals surface area contributed by atoms with Crippen molar-refractivity contribution in [3.63, 3.8) is 0 Å². The predicted molar refractivity (Wildman–Crippen MR) is 108 cm³/mol. The molecule has 27 heavy (non-hydrogen) atoms. The highest BCUT2D eigenvalue weighted by Gasteiger charge is 2.31. The van der Waals surface area contributed by atoms with Crippen molar-refractivity contribution in [1.29, 1.82) is 0 Å². The summed E-state index contributed by atoms with van der Waals surface area (Å²) in [6, 6.07) is 12.1. The molecule has 1 aliphatic heterocycles. The summed E-state index contributed by atoms with van der Waals surface area (Å²) in [6.07, 6.45) is 1.53. The van der Waals surface area contributed by atoms with Gasteiger partial charge in [0.25, 0.3) is 15.9 Å². The molecule has 0 aliphatic carbocycles. The van der Waals surface area contributed by atoms with Crippen molar-refractivity contribution in [3.05, 3.63) is 59.2 Å². The standard InChI is InChI=1S/C21H26N2O3S/c1-15(2)10-12-22-21(24)18-6-9-20-17(14-18)11-13-23(20)27(25,26)19-7-4-16(3)5-8-19/h4-9,14-15H,10-13H2,1-3H3,(H,22,24). The number of fused-ring (bicyclic) bond motifs is 1. The Morgan fingerprint density at radius 3 is 2.52 bits per heavy atom. The number of nitrogens with one attached hydrogen (secondary N) is 1. The first-order valence-electron chi connectivity index (χ1n) is 9.29. The molecule has 1 heterocycles. The second kappa shape index (κ2) is 7.72. The van der Waals surface area contributed by atoms with Crippen LogP contribution in [0.25, 0.3) is 0 Å². The molecule has 2 aromatic carbocycles. The number of nitrogens with zero attached hydrogens (tertiary/aromatic N) is 1. The van der Waals surface area contributed by atoms with E-state index in [0.717, 1.165) is 17.5 Å². The topological polar surface area (TPSA) is 66.5 Å². The van der Waals surface area contributed by atoms with Crippen LogP contribution in [0.2, 0.25) is 0 Å². The Bertz CT molecular complexity index is 934. The van der Waals surface area contributed by atoms with Gasteiger partial charge in [0.15, 0.2) is 0 Å². The molecule has 0 unspecified atom stereocenters. The average Bonchev–Trinajstić information content (AvgIpc) is 3.05. The van der Waals surface area contributed by atoms with E-state index >= 15 is 0 Å². The number of carbonyl (C=O) groups excluding carboxylic acids is 1. The zero-order chi connectivity index (χ0) is 19.6. The first-order valence-corrected chi connectivity index (χ1v) is 10.7. The maximum absolute atomic E-state index is 13.0. The summed E-state index contributed by atoms with van der Waals surface area (Å²) in [5.41, 5.74) is 3.15. The summed E-state index contributed by atoms with van der Waals surface area (Å²) in [5, 5.41) is 2.92. The Balaban J connectivity index is 1.80. The van der Waals surface area contributed by atoms with Crippen molar-refractivity contribution in [2.75, 3.05) is 17.4 Å². The van der Waals surface area contributed by atoms with E-state index in [4.69, 9.17) is 0 Å². The van der Waals surface area contributed by atoms with Gasteiger partial charge in [0.2, 0.25) is 0 Å². The summed E-state index contributed by atoms with van der Waals surface area (Å²) in [5.74, 6) is 0.421. The molecule has 1 aliphatic rings. The normalized spacial score (nSPS) is 13.7. The largest absolute Gasteiger partial charge is 0.352 e. The van der Waals surface area contributed by atoms with Crippen LogP contribution in [0.5, 0.6) is 0 Å².